The molecule has 0 aliphatic rings. The van der Waals surface area contributed by atoms with Gasteiger partial charge >= 0.3 is 0 Å². The summed E-state index contributed by atoms with van der Waals surface area (Å²) in [5.74, 6) is -1.03. The van der Waals surface area contributed by atoms with Crippen LogP contribution in [0.15, 0.2) is 16.6 Å². The van der Waals surface area contributed by atoms with Gasteiger partial charge in [-0.1, -0.05) is 13.8 Å². The minimum atomic E-state index is -0.521. The minimum absolute atomic E-state index is 0.0821. The number of halogens is 3. The van der Waals surface area contributed by atoms with E-state index in [1.54, 1.807) is 0 Å². The average Bonchev–Trinajstić information content (AvgIpc) is 2.33. The summed E-state index contributed by atoms with van der Waals surface area (Å²) < 4.78 is 27.5. The van der Waals surface area contributed by atoms with Crippen LogP contribution in [0.25, 0.3) is 0 Å². The molecule has 1 rings (SSSR count). The second-order valence-corrected chi connectivity index (χ2v) is 5.30. The molecule has 17 heavy (non-hydrogen) atoms. The third-order valence-electron chi connectivity index (χ3n) is 3.39. The van der Waals surface area contributed by atoms with E-state index in [9.17, 15) is 8.78 Å². The quantitative estimate of drug-likeness (QED) is 0.795. The molecule has 96 valence electrons. The molecule has 0 bridgehead atoms. The lowest BCUT2D eigenvalue weighted by Gasteiger charge is -2.28. The fraction of sp³-hybridized carbons (Fsp3) is 0.538. The highest BCUT2D eigenvalue weighted by molar-refractivity contribution is 9.10. The predicted octanol–water partition coefficient (Wildman–Crippen LogP) is 4.40. The van der Waals surface area contributed by atoms with Gasteiger partial charge in [0, 0.05) is 17.6 Å². The summed E-state index contributed by atoms with van der Waals surface area (Å²) in [5.41, 5.74) is 0.00813. The van der Waals surface area contributed by atoms with Gasteiger partial charge in [-0.15, -0.1) is 0 Å². The molecule has 0 aliphatic carbocycles. The Bertz CT molecular complexity index is 389. The Morgan fingerprint density at radius 1 is 1.24 bits per heavy atom. The Hall–Kier alpha value is -0.480. The Labute approximate surface area is 110 Å². The van der Waals surface area contributed by atoms with E-state index >= 15 is 0 Å². The Morgan fingerprint density at radius 2 is 1.82 bits per heavy atom. The van der Waals surface area contributed by atoms with Gasteiger partial charge < -0.3 is 5.32 Å². The van der Waals surface area contributed by atoms with E-state index in [-0.39, 0.29) is 17.6 Å². The SMILES string of the molecule is CCC(C)(CC)NCc1c(F)ccc(Br)c1F. The molecule has 0 unspecified atom stereocenters. The largest absolute Gasteiger partial charge is 0.307 e. The number of rotatable bonds is 5. The smallest absolute Gasteiger partial charge is 0.144 e. The van der Waals surface area contributed by atoms with E-state index in [0.29, 0.717) is 4.47 Å². The number of benzene rings is 1. The maximum absolute atomic E-state index is 13.7. The van der Waals surface area contributed by atoms with Gasteiger partial charge in [0.25, 0.3) is 0 Å². The molecule has 4 heteroatoms. The highest BCUT2D eigenvalue weighted by Gasteiger charge is 2.20. The van der Waals surface area contributed by atoms with Crippen LogP contribution < -0.4 is 5.32 Å². The van der Waals surface area contributed by atoms with Gasteiger partial charge in [0.05, 0.1) is 4.47 Å². The summed E-state index contributed by atoms with van der Waals surface area (Å²) in [4.78, 5) is 0. The standard InChI is InChI=1S/C13H18BrF2N/c1-4-13(3,5-2)17-8-9-11(15)7-6-10(14)12(9)16/h6-7,17H,4-5,8H2,1-3H3. The summed E-state index contributed by atoms with van der Waals surface area (Å²) in [6, 6.07) is 2.66. The predicted molar refractivity (Wildman–Crippen MR) is 69.9 cm³/mol. The Morgan fingerprint density at radius 3 is 2.35 bits per heavy atom. The number of hydrogen-bond acceptors (Lipinski definition) is 1. The first kappa shape index (κ1) is 14.6. The third kappa shape index (κ3) is 3.49. The molecule has 0 fully saturated rings. The van der Waals surface area contributed by atoms with Crippen LogP contribution >= 0.6 is 15.9 Å². The van der Waals surface area contributed by atoms with Crippen LogP contribution in [0.2, 0.25) is 0 Å². The molecule has 0 saturated heterocycles. The fourth-order valence-electron chi connectivity index (χ4n) is 1.53. The normalized spacial score (nSPS) is 11.9. The van der Waals surface area contributed by atoms with Crippen molar-refractivity contribution in [3.05, 3.63) is 33.8 Å². The topological polar surface area (TPSA) is 12.0 Å². The van der Waals surface area contributed by atoms with Gasteiger partial charge in [0.2, 0.25) is 0 Å². The molecule has 1 aromatic rings. The zero-order chi connectivity index (χ0) is 13.1. The van der Waals surface area contributed by atoms with E-state index in [2.05, 4.69) is 42.0 Å². The van der Waals surface area contributed by atoms with Crippen LogP contribution in [0.4, 0.5) is 8.78 Å². The van der Waals surface area contributed by atoms with E-state index in [0.717, 1.165) is 12.8 Å². The Balaban J connectivity index is 2.86. The van der Waals surface area contributed by atoms with Gasteiger partial charge in [-0.25, -0.2) is 8.78 Å². The summed E-state index contributed by atoms with van der Waals surface area (Å²) in [5, 5.41) is 3.22. The lowest BCUT2D eigenvalue weighted by atomic mass is 9.95. The third-order valence-corrected chi connectivity index (χ3v) is 4.00. The first-order valence-electron chi connectivity index (χ1n) is 5.81. The van der Waals surface area contributed by atoms with Crippen molar-refractivity contribution in [1.29, 1.82) is 0 Å². The van der Waals surface area contributed by atoms with Crippen molar-refractivity contribution in [2.24, 2.45) is 0 Å². The molecule has 0 heterocycles. The molecule has 0 spiro atoms. The molecule has 0 atom stereocenters. The lowest BCUT2D eigenvalue weighted by molar-refractivity contribution is 0.324. The number of hydrogen-bond donors (Lipinski definition) is 1. The van der Waals surface area contributed by atoms with Crippen molar-refractivity contribution in [3.63, 3.8) is 0 Å². The molecule has 0 aromatic heterocycles. The van der Waals surface area contributed by atoms with Gasteiger partial charge in [-0.3, -0.25) is 0 Å². The molecule has 1 aromatic carbocycles. The molecule has 1 nitrogen and oxygen atoms in total. The summed E-state index contributed by atoms with van der Waals surface area (Å²) >= 11 is 3.07. The molecule has 0 saturated carbocycles. The first-order chi connectivity index (χ1) is 7.93. The van der Waals surface area contributed by atoms with E-state index in [4.69, 9.17) is 0 Å². The van der Waals surface area contributed by atoms with Crippen LogP contribution in [0.5, 0.6) is 0 Å². The molecule has 0 aliphatic heterocycles. The van der Waals surface area contributed by atoms with Crippen molar-refractivity contribution < 1.29 is 8.78 Å². The molecule has 0 amide bonds. The van der Waals surface area contributed by atoms with Crippen LogP contribution in [-0.2, 0) is 6.54 Å². The molecular weight excluding hydrogens is 288 g/mol. The monoisotopic (exact) mass is 305 g/mol. The lowest BCUT2D eigenvalue weighted by Crippen LogP contribution is -2.40. The molecule has 1 N–H and O–H groups in total. The highest BCUT2D eigenvalue weighted by atomic mass is 79.9. The highest BCUT2D eigenvalue weighted by Crippen LogP contribution is 2.23. The van der Waals surface area contributed by atoms with Gasteiger partial charge in [-0.05, 0) is 47.8 Å². The zero-order valence-corrected chi connectivity index (χ0v) is 12.0. The van der Waals surface area contributed by atoms with Crippen LogP contribution in [0.1, 0.15) is 39.2 Å². The summed E-state index contributed by atoms with van der Waals surface area (Å²) in [6.45, 7) is 6.38. The van der Waals surface area contributed by atoms with E-state index < -0.39 is 11.6 Å². The molecular formula is C13H18BrF2N. The molecule has 0 radical (unpaired) electrons. The summed E-state index contributed by atoms with van der Waals surface area (Å²) in [6.07, 6.45) is 1.83. The zero-order valence-electron chi connectivity index (χ0n) is 10.4. The van der Waals surface area contributed by atoms with E-state index in [1.807, 2.05) is 0 Å². The van der Waals surface area contributed by atoms with Crippen molar-refractivity contribution >= 4 is 15.9 Å². The van der Waals surface area contributed by atoms with Crippen LogP contribution in [0.3, 0.4) is 0 Å². The van der Waals surface area contributed by atoms with Gasteiger partial charge in [0.1, 0.15) is 11.6 Å². The maximum Gasteiger partial charge on any atom is 0.144 e. The number of nitrogens with one attached hydrogen (secondary N) is 1. The van der Waals surface area contributed by atoms with Crippen molar-refractivity contribution in [2.75, 3.05) is 0 Å². The van der Waals surface area contributed by atoms with Gasteiger partial charge in [-0.2, -0.15) is 0 Å². The van der Waals surface area contributed by atoms with Gasteiger partial charge in [0.15, 0.2) is 0 Å². The van der Waals surface area contributed by atoms with E-state index in [1.165, 1.54) is 12.1 Å². The second kappa shape index (κ2) is 5.91. The fourth-order valence-corrected chi connectivity index (χ4v) is 1.90. The minimum Gasteiger partial charge on any atom is -0.307 e. The van der Waals surface area contributed by atoms with Crippen LogP contribution in [0, 0.1) is 11.6 Å². The maximum atomic E-state index is 13.7. The van der Waals surface area contributed by atoms with Crippen molar-refractivity contribution in [2.45, 2.75) is 45.7 Å². The van der Waals surface area contributed by atoms with Crippen molar-refractivity contribution in [1.82, 2.24) is 5.32 Å². The average molecular weight is 306 g/mol. The summed E-state index contributed by atoms with van der Waals surface area (Å²) in [7, 11) is 0. The Kier molecular flexibility index (Phi) is 5.07. The second-order valence-electron chi connectivity index (χ2n) is 4.44. The van der Waals surface area contributed by atoms with Crippen molar-refractivity contribution in [3.8, 4) is 0 Å². The van der Waals surface area contributed by atoms with Crippen LogP contribution in [-0.4, -0.2) is 5.54 Å². The first-order valence-corrected chi connectivity index (χ1v) is 6.60.